The lowest BCUT2D eigenvalue weighted by molar-refractivity contribution is 0.0947. The molecule has 1 aromatic heterocycles. The second kappa shape index (κ2) is 9.81. The van der Waals surface area contributed by atoms with E-state index in [0.29, 0.717) is 35.5 Å². The van der Waals surface area contributed by atoms with Gasteiger partial charge >= 0.3 is 0 Å². The normalized spacial score (nSPS) is 16.8. The van der Waals surface area contributed by atoms with Gasteiger partial charge < -0.3 is 5.32 Å². The Morgan fingerprint density at radius 2 is 1.97 bits per heavy atom. The maximum Gasteiger partial charge on any atom is 0.252 e. The van der Waals surface area contributed by atoms with Crippen molar-refractivity contribution >= 4 is 39.1 Å². The first-order valence-corrected chi connectivity index (χ1v) is 12.4. The van der Waals surface area contributed by atoms with Crippen molar-refractivity contribution in [1.29, 1.82) is 0 Å². The SMILES string of the molecule is CCS(=O)(=O)N1CCC(CCNC(=O)c2ccc(Cl)cc2Cl)(c2ncccc2F)CC1. The van der Waals surface area contributed by atoms with Crippen LogP contribution in [0, 0.1) is 5.82 Å². The number of pyridine rings is 1. The molecule has 10 heteroatoms. The Bertz CT molecular complexity index is 1060. The molecule has 1 saturated heterocycles. The Morgan fingerprint density at radius 3 is 2.58 bits per heavy atom. The smallest absolute Gasteiger partial charge is 0.252 e. The van der Waals surface area contributed by atoms with Gasteiger partial charge in [-0.05, 0) is 56.5 Å². The molecule has 3 rings (SSSR count). The predicted molar refractivity (Wildman–Crippen MR) is 120 cm³/mol. The number of aromatic nitrogens is 1. The number of hydrogen-bond donors (Lipinski definition) is 1. The van der Waals surface area contributed by atoms with Crippen molar-refractivity contribution in [3.8, 4) is 0 Å². The van der Waals surface area contributed by atoms with Crippen molar-refractivity contribution in [3.05, 3.63) is 63.6 Å². The topological polar surface area (TPSA) is 79.4 Å². The molecular formula is C21H24Cl2FN3O3S. The van der Waals surface area contributed by atoms with E-state index >= 15 is 0 Å². The second-order valence-corrected chi connectivity index (χ2v) is 10.6. The second-order valence-electron chi connectivity index (χ2n) is 7.54. The van der Waals surface area contributed by atoms with Gasteiger partial charge in [0.1, 0.15) is 5.82 Å². The van der Waals surface area contributed by atoms with Crippen molar-refractivity contribution in [2.24, 2.45) is 0 Å². The summed E-state index contributed by atoms with van der Waals surface area (Å²) < 4.78 is 40.6. The zero-order valence-corrected chi connectivity index (χ0v) is 19.4. The average Bonchev–Trinajstić information content (AvgIpc) is 2.74. The third-order valence-corrected chi connectivity index (χ3v) is 8.19. The molecule has 1 aliphatic rings. The number of piperidine rings is 1. The van der Waals surface area contributed by atoms with E-state index < -0.39 is 21.3 Å². The lowest BCUT2D eigenvalue weighted by Gasteiger charge is -2.41. The largest absolute Gasteiger partial charge is 0.352 e. The molecule has 1 aliphatic heterocycles. The van der Waals surface area contributed by atoms with Gasteiger partial charge in [0.2, 0.25) is 10.0 Å². The molecule has 1 aromatic carbocycles. The van der Waals surface area contributed by atoms with E-state index in [2.05, 4.69) is 10.3 Å². The van der Waals surface area contributed by atoms with E-state index in [-0.39, 0.29) is 36.3 Å². The van der Waals surface area contributed by atoms with E-state index in [9.17, 15) is 17.6 Å². The summed E-state index contributed by atoms with van der Waals surface area (Å²) in [5.74, 6) is -0.763. The van der Waals surface area contributed by atoms with Crippen molar-refractivity contribution in [2.45, 2.75) is 31.6 Å². The summed E-state index contributed by atoms with van der Waals surface area (Å²) in [4.78, 5) is 16.8. The van der Waals surface area contributed by atoms with Crippen LogP contribution in [0.1, 0.15) is 42.2 Å². The van der Waals surface area contributed by atoms with Crippen LogP contribution < -0.4 is 5.32 Å². The minimum absolute atomic E-state index is 0.0237. The molecule has 2 heterocycles. The first-order valence-electron chi connectivity index (χ1n) is 10.0. The highest BCUT2D eigenvalue weighted by Crippen LogP contribution is 2.39. The van der Waals surface area contributed by atoms with Gasteiger partial charge in [0.25, 0.3) is 5.91 Å². The van der Waals surface area contributed by atoms with Gasteiger partial charge in [0.15, 0.2) is 0 Å². The van der Waals surface area contributed by atoms with Crippen molar-refractivity contribution < 1.29 is 17.6 Å². The van der Waals surface area contributed by atoms with Gasteiger partial charge in [-0.25, -0.2) is 17.1 Å². The lowest BCUT2D eigenvalue weighted by Crippen LogP contribution is -2.47. The zero-order valence-electron chi connectivity index (χ0n) is 17.1. The van der Waals surface area contributed by atoms with Crippen LogP contribution in [0.5, 0.6) is 0 Å². The Labute approximate surface area is 191 Å². The number of sulfonamides is 1. The van der Waals surface area contributed by atoms with E-state index in [1.54, 1.807) is 19.1 Å². The number of benzene rings is 1. The summed E-state index contributed by atoms with van der Waals surface area (Å²) in [6, 6.07) is 7.49. The first kappa shape index (κ1) is 23.9. The number of carbonyl (C=O) groups is 1. The maximum absolute atomic E-state index is 14.6. The van der Waals surface area contributed by atoms with Crippen LogP contribution in [0.25, 0.3) is 0 Å². The van der Waals surface area contributed by atoms with Gasteiger partial charge in [0.05, 0.1) is 22.0 Å². The van der Waals surface area contributed by atoms with E-state index in [1.165, 1.54) is 28.7 Å². The Morgan fingerprint density at radius 1 is 1.26 bits per heavy atom. The number of nitrogens with one attached hydrogen (secondary N) is 1. The molecule has 31 heavy (non-hydrogen) atoms. The quantitative estimate of drug-likeness (QED) is 0.639. The molecule has 0 spiro atoms. The Kier molecular flexibility index (Phi) is 7.57. The van der Waals surface area contributed by atoms with Crippen molar-refractivity contribution in [3.63, 3.8) is 0 Å². The van der Waals surface area contributed by atoms with Crippen LogP contribution in [-0.4, -0.2) is 49.0 Å². The number of hydrogen-bond acceptors (Lipinski definition) is 4. The number of halogens is 3. The third kappa shape index (κ3) is 5.37. The van der Waals surface area contributed by atoms with Gasteiger partial charge in [-0.15, -0.1) is 0 Å². The lowest BCUT2D eigenvalue weighted by atomic mass is 9.73. The highest BCUT2D eigenvalue weighted by atomic mass is 35.5. The van der Waals surface area contributed by atoms with Crippen LogP contribution in [0.3, 0.4) is 0 Å². The molecular weight excluding hydrogens is 464 g/mol. The minimum atomic E-state index is -3.32. The summed E-state index contributed by atoms with van der Waals surface area (Å²) in [6.45, 7) is 2.42. The van der Waals surface area contributed by atoms with Crippen molar-refractivity contribution in [2.75, 3.05) is 25.4 Å². The van der Waals surface area contributed by atoms with Crippen LogP contribution >= 0.6 is 23.2 Å². The Balaban J connectivity index is 1.76. The average molecular weight is 488 g/mol. The van der Waals surface area contributed by atoms with Crippen LogP contribution in [0.4, 0.5) is 4.39 Å². The fraction of sp³-hybridized carbons (Fsp3) is 0.429. The van der Waals surface area contributed by atoms with Gasteiger partial charge in [-0.3, -0.25) is 9.78 Å². The summed E-state index contributed by atoms with van der Waals surface area (Å²) in [6.07, 6.45) is 2.77. The van der Waals surface area contributed by atoms with Gasteiger partial charge in [-0.1, -0.05) is 23.2 Å². The number of nitrogens with zero attached hydrogens (tertiary/aromatic N) is 2. The summed E-state index contributed by atoms with van der Waals surface area (Å²) in [5, 5.41) is 3.50. The summed E-state index contributed by atoms with van der Waals surface area (Å²) >= 11 is 12.0. The highest BCUT2D eigenvalue weighted by Gasteiger charge is 2.41. The van der Waals surface area contributed by atoms with E-state index in [1.807, 2.05) is 0 Å². The monoisotopic (exact) mass is 487 g/mol. The molecule has 6 nitrogen and oxygen atoms in total. The van der Waals surface area contributed by atoms with Gasteiger partial charge in [-0.2, -0.15) is 0 Å². The molecule has 0 aliphatic carbocycles. The molecule has 0 unspecified atom stereocenters. The highest BCUT2D eigenvalue weighted by molar-refractivity contribution is 7.89. The number of rotatable bonds is 7. The van der Waals surface area contributed by atoms with E-state index in [0.717, 1.165) is 0 Å². The maximum atomic E-state index is 14.6. The van der Waals surface area contributed by atoms with Gasteiger partial charge in [0, 0.05) is 36.3 Å². The molecule has 168 valence electrons. The summed E-state index contributed by atoms with van der Waals surface area (Å²) in [7, 11) is -3.32. The Hall–Kier alpha value is -1.74. The van der Waals surface area contributed by atoms with Crippen molar-refractivity contribution in [1.82, 2.24) is 14.6 Å². The predicted octanol–water partition coefficient (Wildman–Crippen LogP) is 4.03. The molecule has 0 radical (unpaired) electrons. The minimum Gasteiger partial charge on any atom is -0.352 e. The molecule has 0 atom stereocenters. The molecule has 2 aromatic rings. The third-order valence-electron chi connectivity index (χ3n) is 5.76. The standard InChI is InChI=1S/C21H24Cl2FN3O3S/c1-2-31(29,30)27-12-8-21(9-13-27,19-18(24)4-3-10-25-19)7-11-26-20(28)16-6-5-15(22)14-17(16)23/h3-6,10,14H,2,7-9,11-13H2,1H3,(H,26,28). The molecule has 0 saturated carbocycles. The van der Waals surface area contributed by atoms with E-state index in [4.69, 9.17) is 23.2 Å². The fourth-order valence-electron chi connectivity index (χ4n) is 3.94. The first-order chi connectivity index (χ1) is 14.7. The number of carbonyl (C=O) groups excluding carboxylic acids is 1. The van der Waals surface area contributed by atoms with Crippen LogP contribution in [-0.2, 0) is 15.4 Å². The molecule has 1 fully saturated rings. The summed E-state index contributed by atoms with van der Waals surface area (Å²) in [5.41, 5.74) is -0.0716. The zero-order chi connectivity index (χ0) is 22.6. The molecule has 1 amide bonds. The molecule has 1 N–H and O–H groups in total. The van der Waals surface area contributed by atoms with Crippen LogP contribution in [0.15, 0.2) is 36.5 Å². The fourth-order valence-corrected chi connectivity index (χ4v) is 5.54. The van der Waals surface area contributed by atoms with Crippen LogP contribution in [0.2, 0.25) is 10.0 Å². The number of amides is 1. The molecule has 0 bridgehead atoms.